The van der Waals surface area contributed by atoms with E-state index in [1.807, 2.05) is 0 Å². The largest absolute Gasteiger partial charge is 0.459 e. The van der Waals surface area contributed by atoms with Gasteiger partial charge in [0.2, 0.25) is 5.91 Å². The molecule has 0 saturated carbocycles. The molecule has 1 aliphatic heterocycles. The van der Waals surface area contributed by atoms with Crippen molar-refractivity contribution in [2.75, 3.05) is 19.8 Å². The van der Waals surface area contributed by atoms with Crippen LogP contribution in [-0.2, 0) is 29.3 Å². The van der Waals surface area contributed by atoms with Gasteiger partial charge in [0.25, 0.3) is 0 Å². The number of Topliss-reactive ketones (excluding diaryl/α,β-unsaturated/α-hetero) is 2. The van der Waals surface area contributed by atoms with Crippen molar-refractivity contribution in [1.29, 1.82) is 0 Å². The average molecular weight is 405 g/mol. The highest BCUT2D eigenvalue weighted by atomic mass is 19.1. The number of rotatable bonds is 3. The van der Waals surface area contributed by atoms with Crippen molar-refractivity contribution in [2.24, 2.45) is 5.92 Å². The number of esters is 1. The maximum Gasteiger partial charge on any atom is 0.325 e. The van der Waals surface area contributed by atoms with Crippen LogP contribution in [0.25, 0.3) is 0 Å². The molecule has 1 unspecified atom stereocenters. The summed E-state index contributed by atoms with van der Waals surface area (Å²) in [5.74, 6) is -4.94. The van der Waals surface area contributed by atoms with Crippen molar-refractivity contribution >= 4 is 23.4 Å². The lowest BCUT2D eigenvalue weighted by Gasteiger charge is -2.42. The Bertz CT molecular complexity index is 866. The summed E-state index contributed by atoms with van der Waals surface area (Å²) < 4.78 is 24.4. The van der Waals surface area contributed by atoms with Gasteiger partial charge >= 0.3 is 5.97 Å². The molecule has 3 rings (SSSR count). The molecule has 1 spiro atoms. The number of hydrogen-bond acceptors (Lipinski definition) is 6. The van der Waals surface area contributed by atoms with Crippen molar-refractivity contribution in [2.45, 2.75) is 44.6 Å². The van der Waals surface area contributed by atoms with E-state index in [9.17, 15) is 23.6 Å². The van der Waals surface area contributed by atoms with E-state index in [1.54, 1.807) is 20.8 Å². The van der Waals surface area contributed by atoms with Gasteiger partial charge in [0.05, 0.1) is 5.41 Å². The number of benzene rings is 1. The molecule has 1 heterocycles. The van der Waals surface area contributed by atoms with Crippen molar-refractivity contribution in [3.63, 3.8) is 0 Å². The SMILES string of the molecule is CC(C)(C)OC(=O)CNC(=O)C1C(=O)c2ccc(F)cc2C2(CCOCC2)C1=O. The first kappa shape index (κ1) is 21.1. The number of halogens is 1. The second-order valence-electron chi connectivity index (χ2n) is 8.35. The summed E-state index contributed by atoms with van der Waals surface area (Å²) in [6.07, 6.45) is 0.511. The molecule has 1 atom stereocenters. The summed E-state index contributed by atoms with van der Waals surface area (Å²) in [6.45, 7) is 5.13. The second-order valence-corrected chi connectivity index (χ2v) is 8.35. The molecule has 1 amide bonds. The maximum atomic E-state index is 13.9. The predicted molar refractivity (Wildman–Crippen MR) is 99.8 cm³/mol. The fourth-order valence-electron chi connectivity index (χ4n) is 3.92. The summed E-state index contributed by atoms with van der Waals surface area (Å²) >= 11 is 0. The van der Waals surface area contributed by atoms with Crippen LogP contribution in [0.3, 0.4) is 0 Å². The van der Waals surface area contributed by atoms with Crippen LogP contribution in [0.2, 0.25) is 0 Å². The van der Waals surface area contributed by atoms with Crippen molar-refractivity contribution in [3.8, 4) is 0 Å². The van der Waals surface area contributed by atoms with E-state index in [-0.39, 0.29) is 31.6 Å². The van der Waals surface area contributed by atoms with Crippen molar-refractivity contribution in [3.05, 3.63) is 35.1 Å². The molecule has 1 N–H and O–H groups in total. The molecule has 156 valence electrons. The fraction of sp³-hybridized carbons (Fsp3) is 0.524. The normalized spacial score (nSPS) is 20.9. The van der Waals surface area contributed by atoms with Gasteiger partial charge in [-0.3, -0.25) is 19.2 Å². The van der Waals surface area contributed by atoms with Crippen molar-refractivity contribution < 1.29 is 33.0 Å². The van der Waals surface area contributed by atoms with E-state index < -0.39 is 52.7 Å². The topological polar surface area (TPSA) is 98.8 Å². The first-order valence-corrected chi connectivity index (χ1v) is 9.51. The molecule has 1 fully saturated rings. The summed E-state index contributed by atoms with van der Waals surface area (Å²) in [4.78, 5) is 50.9. The molecule has 1 aromatic carbocycles. The van der Waals surface area contributed by atoms with Crippen LogP contribution in [0.4, 0.5) is 4.39 Å². The third-order valence-corrected chi connectivity index (χ3v) is 5.19. The van der Waals surface area contributed by atoms with Crippen LogP contribution < -0.4 is 5.32 Å². The number of hydrogen-bond donors (Lipinski definition) is 1. The monoisotopic (exact) mass is 405 g/mol. The number of fused-ring (bicyclic) bond motifs is 2. The van der Waals surface area contributed by atoms with Crippen LogP contribution in [0.15, 0.2) is 18.2 Å². The zero-order valence-corrected chi connectivity index (χ0v) is 16.7. The summed E-state index contributed by atoms with van der Waals surface area (Å²) in [5.41, 5.74) is -1.41. The van der Waals surface area contributed by atoms with Gasteiger partial charge < -0.3 is 14.8 Å². The Labute approximate surface area is 167 Å². The molecule has 1 aliphatic carbocycles. The Morgan fingerprint density at radius 2 is 1.90 bits per heavy atom. The van der Waals surface area contributed by atoms with Crippen LogP contribution in [0.1, 0.15) is 49.5 Å². The van der Waals surface area contributed by atoms with Gasteiger partial charge in [0.1, 0.15) is 18.0 Å². The highest BCUT2D eigenvalue weighted by Crippen LogP contribution is 2.44. The average Bonchev–Trinajstić information content (AvgIpc) is 2.64. The molecule has 2 aliphatic rings. The molecule has 0 bridgehead atoms. The first-order valence-electron chi connectivity index (χ1n) is 9.51. The molecular weight excluding hydrogens is 381 g/mol. The minimum Gasteiger partial charge on any atom is -0.459 e. The Hall–Kier alpha value is -2.61. The summed E-state index contributed by atoms with van der Waals surface area (Å²) in [6, 6.07) is 3.64. The van der Waals surface area contributed by atoms with Gasteiger partial charge in [-0.25, -0.2) is 4.39 Å². The van der Waals surface area contributed by atoms with Gasteiger partial charge in [-0.15, -0.1) is 0 Å². The number of carbonyl (C=O) groups excluding carboxylic acids is 4. The third kappa shape index (κ3) is 4.07. The molecule has 8 heteroatoms. The number of carbonyl (C=O) groups is 4. The van der Waals surface area contributed by atoms with E-state index in [0.717, 1.165) is 6.07 Å². The lowest BCUT2D eigenvalue weighted by atomic mass is 9.61. The minimum absolute atomic E-state index is 0.158. The Kier molecular flexibility index (Phi) is 5.58. The van der Waals surface area contributed by atoms with E-state index in [4.69, 9.17) is 9.47 Å². The zero-order chi connectivity index (χ0) is 21.4. The van der Waals surface area contributed by atoms with Crippen LogP contribution in [0, 0.1) is 11.7 Å². The first-order chi connectivity index (χ1) is 13.5. The summed E-state index contributed by atoms with van der Waals surface area (Å²) in [5, 5.41) is 2.34. The molecule has 29 heavy (non-hydrogen) atoms. The number of ether oxygens (including phenoxy) is 2. The van der Waals surface area contributed by atoms with Gasteiger partial charge in [-0.1, -0.05) is 0 Å². The Morgan fingerprint density at radius 3 is 2.52 bits per heavy atom. The van der Waals surface area contributed by atoms with Crippen LogP contribution in [0.5, 0.6) is 0 Å². The maximum absolute atomic E-state index is 13.9. The number of ketones is 2. The number of amides is 1. The zero-order valence-electron chi connectivity index (χ0n) is 16.7. The lowest BCUT2D eigenvalue weighted by molar-refractivity contribution is -0.155. The second kappa shape index (κ2) is 7.67. The molecular formula is C21H24FNO6. The van der Waals surface area contributed by atoms with E-state index in [1.165, 1.54) is 12.1 Å². The standard InChI is InChI=1S/C21H24FNO6/c1-20(2,3)29-15(24)11-23-19(27)16-17(25)13-5-4-12(22)10-14(13)21(18(16)26)6-8-28-9-7-21/h4-5,10,16H,6-9,11H2,1-3H3,(H,23,27). The number of nitrogens with one attached hydrogen (secondary N) is 1. The Balaban J connectivity index is 1.89. The van der Waals surface area contributed by atoms with E-state index in [0.29, 0.717) is 5.56 Å². The van der Waals surface area contributed by atoms with Crippen molar-refractivity contribution in [1.82, 2.24) is 5.32 Å². The molecule has 0 radical (unpaired) electrons. The minimum atomic E-state index is -1.59. The van der Waals surface area contributed by atoms with E-state index >= 15 is 0 Å². The van der Waals surface area contributed by atoms with Gasteiger partial charge in [-0.05, 0) is 57.4 Å². The molecule has 1 aromatic rings. The van der Waals surface area contributed by atoms with Crippen LogP contribution >= 0.6 is 0 Å². The lowest BCUT2D eigenvalue weighted by Crippen LogP contribution is -2.55. The highest BCUT2D eigenvalue weighted by molar-refractivity contribution is 6.29. The van der Waals surface area contributed by atoms with Gasteiger partial charge in [-0.2, -0.15) is 0 Å². The molecule has 1 saturated heterocycles. The molecule has 0 aromatic heterocycles. The fourth-order valence-corrected chi connectivity index (χ4v) is 3.92. The summed E-state index contributed by atoms with van der Waals surface area (Å²) in [7, 11) is 0. The highest BCUT2D eigenvalue weighted by Gasteiger charge is 2.54. The predicted octanol–water partition coefficient (Wildman–Crippen LogP) is 1.71. The Morgan fingerprint density at radius 1 is 1.24 bits per heavy atom. The third-order valence-electron chi connectivity index (χ3n) is 5.19. The van der Waals surface area contributed by atoms with E-state index in [2.05, 4.69) is 5.32 Å². The molecule has 7 nitrogen and oxygen atoms in total. The quantitative estimate of drug-likeness (QED) is 0.607. The van der Waals surface area contributed by atoms with Gasteiger partial charge in [0, 0.05) is 18.8 Å². The smallest absolute Gasteiger partial charge is 0.325 e. The van der Waals surface area contributed by atoms with Crippen LogP contribution in [-0.4, -0.2) is 48.8 Å². The van der Waals surface area contributed by atoms with Gasteiger partial charge in [0.15, 0.2) is 17.5 Å².